The highest BCUT2D eigenvalue weighted by Crippen LogP contribution is 2.27. The Kier molecular flexibility index (Phi) is 6.98. The van der Waals surface area contributed by atoms with Crippen molar-refractivity contribution in [1.29, 1.82) is 0 Å². The van der Waals surface area contributed by atoms with Gasteiger partial charge in [-0.1, -0.05) is 13.0 Å². The van der Waals surface area contributed by atoms with Gasteiger partial charge in [-0.3, -0.25) is 9.97 Å². The lowest BCUT2D eigenvalue weighted by atomic mass is 9.92. The largest absolute Gasteiger partial charge is 0.376 e. The fraction of sp³-hybridized carbons (Fsp3) is 0.364. The third kappa shape index (κ3) is 5.29. The van der Waals surface area contributed by atoms with Crippen molar-refractivity contribution in [3.05, 3.63) is 77.9 Å². The molecule has 146 valence electrons. The molecule has 0 saturated heterocycles. The number of hydrogen-bond donors (Lipinski definition) is 2. The van der Waals surface area contributed by atoms with Crippen molar-refractivity contribution in [3.63, 3.8) is 0 Å². The monoisotopic (exact) mass is 393 g/mol. The molecule has 3 atom stereocenters. The van der Waals surface area contributed by atoms with Gasteiger partial charge >= 0.3 is 0 Å². The van der Waals surface area contributed by atoms with Crippen LogP contribution in [0.4, 0.5) is 5.69 Å². The summed E-state index contributed by atoms with van der Waals surface area (Å²) in [7, 11) is 0. The first kappa shape index (κ1) is 20.3. The minimum Gasteiger partial charge on any atom is -0.376 e. The third-order valence-electron chi connectivity index (χ3n) is 4.87. The Labute approximate surface area is 172 Å². The Hall–Kier alpha value is -2.47. The first-order chi connectivity index (χ1) is 13.6. The van der Waals surface area contributed by atoms with E-state index in [-0.39, 0.29) is 11.3 Å². The highest BCUT2D eigenvalue weighted by molar-refractivity contribution is 7.80. The molecule has 0 aliphatic carbocycles. The maximum absolute atomic E-state index is 4.48. The van der Waals surface area contributed by atoms with Crippen molar-refractivity contribution in [3.8, 4) is 0 Å². The molecule has 0 aliphatic rings. The summed E-state index contributed by atoms with van der Waals surface area (Å²) in [5, 5.41) is 3.61. The minimum atomic E-state index is 0.101. The van der Waals surface area contributed by atoms with Crippen LogP contribution in [0.5, 0.6) is 0 Å². The van der Waals surface area contributed by atoms with Crippen molar-refractivity contribution in [2.24, 2.45) is 0 Å². The maximum Gasteiger partial charge on any atom is 0.115 e. The summed E-state index contributed by atoms with van der Waals surface area (Å²) in [6.07, 6.45) is 9.13. The fourth-order valence-electron chi connectivity index (χ4n) is 3.22. The number of nitrogens with zero attached hydrogens (tertiary/aromatic N) is 4. The van der Waals surface area contributed by atoms with Gasteiger partial charge in [0.2, 0.25) is 0 Å². The normalized spacial score (nSPS) is 14.3. The lowest BCUT2D eigenvalue weighted by Crippen LogP contribution is -2.10. The number of aromatic nitrogens is 4. The molecule has 3 heterocycles. The van der Waals surface area contributed by atoms with E-state index in [0.29, 0.717) is 5.92 Å². The van der Waals surface area contributed by atoms with Crippen LogP contribution in [-0.2, 0) is 6.42 Å². The van der Waals surface area contributed by atoms with Crippen LogP contribution < -0.4 is 5.32 Å². The van der Waals surface area contributed by atoms with Crippen LogP contribution in [0, 0.1) is 0 Å². The summed E-state index contributed by atoms with van der Waals surface area (Å²) in [5.41, 5.74) is 5.22. The molecular formula is C22H27N5S. The van der Waals surface area contributed by atoms with Gasteiger partial charge in [-0.25, -0.2) is 9.97 Å². The van der Waals surface area contributed by atoms with Crippen LogP contribution in [0.2, 0.25) is 0 Å². The van der Waals surface area contributed by atoms with E-state index in [1.165, 1.54) is 5.56 Å². The number of pyridine rings is 2. The van der Waals surface area contributed by atoms with Crippen LogP contribution in [0.15, 0.2) is 55.2 Å². The Morgan fingerprint density at radius 3 is 2.61 bits per heavy atom. The van der Waals surface area contributed by atoms with E-state index >= 15 is 0 Å². The average molecular weight is 394 g/mol. The first-order valence-corrected chi connectivity index (χ1v) is 10.2. The minimum absolute atomic E-state index is 0.101. The number of rotatable bonds is 8. The number of anilines is 1. The average Bonchev–Trinajstić information content (AvgIpc) is 2.73. The highest BCUT2D eigenvalue weighted by atomic mass is 32.1. The summed E-state index contributed by atoms with van der Waals surface area (Å²) in [5.74, 6) is 0.345. The third-order valence-corrected chi connectivity index (χ3v) is 5.13. The Bertz CT molecular complexity index is 885. The van der Waals surface area contributed by atoms with Gasteiger partial charge in [0.1, 0.15) is 6.33 Å². The second-order valence-corrected chi connectivity index (χ2v) is 7.82. The zero-order valence-corrected chi connectivity index (χ0v) is 17.5. The summed E-state index contributed by atoms with van der Waals surface area (Å²) < 4.78 is 0. The smallest absolute Gasteiger partial charge is 0.115 e. The summed E-state index contributed by atoms with van der Waals surface area (Å²) in [6, 6.07) is 10.3. The van der Waals surface area contributed by atoms with E-state index in [0.717, 1.165) is 35.6 Å². The topological polar surface area (TPSA) is 63.6 Å². The lowest BCUT2D eigenvalue weighted by molar-refractivity contribution is 0.644. The second kappa shape index (κ2) is 9.64. The van der Waals surface area contributed by atoms with Gasteiger partial charge in [0.15, 0.2) is 0 Å². The molecule has 0 bridgehead atoms. The van der Waals surface area contributed by atoms with E-state index in [1.807, 2.05) is 43.7 Å². The zero-order valence-electron chi connectivity index (χ0n) is 16.6. The van der Waals surface area contributed by atoms with Gasteiger partial charge in [-0.15, -0.1) is 0 Å². The molecule has 28 heavy (non-hydrogen) atoms. The molecule has 3 rings (SSSR count). The molecule has 0 amide bonds. The Morgan fingerprint density at radius 2 is 1.89 bits per heavy atom. The standard InChI is InChI=1S/C22H27N5S/c1-4-17(9-19-11-22(16(3)28)26-14-25-19)18-10-20(13-23-12-18)27-15(2)21-7-5-6-8-24-21/h5-8,10-17,27-28H,4,9H2,1-3H3/t15-,16?,17?/m1/s1. The van der Waals surface area contributed by atoms with Crippen molar-refractivity contribution < 1.29 is 0 Å². The molecule has 0 aromatic carbocycles. The summed E-state index contributed by atoms with van der Waals surface area (Å²) >= 11 is 4.48. The van der Waals surface area contributed by atoms with Crippen molar-refractivity contribution in [1.82, 2.24) is 19.9 Å². The van der Waals surface area contributed by atoms with Crippen LogP contribution in [0.25, 0.3) is 0 Å². The number of thiol groups is 1. The molecule has 2 unspecified atom stereocenters. The first-order valence-electron chi connectivity index (χ1n) is 9.68. The van der Waals surface area contributed by atoms with Crippen molar-refractivity contribution in [2.45, 2.75) is 50.8 Å². The Morgan fingerprint density at radius 1 is 1.04 bits per heavy atom. The molecule has 6 heteroatoms. The molecule has 0 radical (unpaired) electrons. The molecule has 0 spiro atoms. The van der Waals surface area contributed by atoms with E-state index < -0.39 is 0 Å². The maximum atomic E-state index is 4.48. The van der Waals surface area contributed by atoms with E-state index in [2.05, 4.69) is 63.9 Å². The van der Waals surface area contributed by atoms with Crippen molar-refractivity contribution in [2.75, 3.05) is 5.32 Å². The van der Waals surface area contributed by atoms with Crippen LogP contribution in [0.3, 0.4) is 0 Å². The molecule has 0 fully saturated rings. The molecule has 0 aliphatic heterocycles. The molecule has 3 aromatic rings. The predicted octanol–water partition coefficient (Wildman–Crippen LogP) is 5.17. The second-order valence-electron chi connectivity index (χ2n) is 7.05. The molecular weight excluding hydrogens is 366 g/mol. The lowest BCUT2D eigenvalue weighted by Gasteiger charge is -2.18. The zero-order chi connectivity index (χ0) is 19.9. The molecule has 5 nitrogen and oxygen atoms in total. The van der Waals surface area contributed by atoms with Crippen molar-refractivity contribution >= 4 is 18.3 Å². The highest BCUT2D eigenvalue weighted by Gasteiger charge is 2.15. The molecule has 0 saturated carbocycles. The van der Waals surface area contributed by atoms with Crippen LogP contribution >= 0.6 is 12.6 Å². The van der Waals surface area contributed by atoms with Gasteiger partial charge < -0.3 is 5.32 Å². The van der Waals surface area contributed by atoms with E-state index in [4.69, 9.17) is 0 Å². The number of hydrogen-bond acceptors (Lipinski definition) is 6. The summed E-state index contributed by atoms with van der Waals surface area (Å²) in [6.45, 7) is 6.33. The Balaban J connectivity index is 1.74. The SMILES string of the molecule is CCC(Cc1cc(C(C)S)ncn1)c1cncc(N[C@H](C)c2ccccn2)c1. The number of nitrogens with one attached hydrogen (secondary N) is 1. The van der Waals surface area contributed by atoms with Gasteiger partial charge in [0.05, 0.1) is 23.1 Å². The van der Waals surface area contributed by atoms with Crippen LogP contribution in [-0.4, -0.2) is 19.9 Å². The molecule has 1 N–H and O–H groups in total. The van der Waals surface area contributed by atoms with Gasteiger partial charge in [0.25, 0.3) is 0 Å². The summed E-state index contributed by atoms with van der Waals surface area (Å²) in [4.78, 5) is 17.6. The molecule has 3 aromatic heterocycles. The van der Waals surface area contributed by atoms with E-state index in [1.54, 1.807) is 6.33 Å². The fourth-order valence-corrected chi connectivity index (χ4v) is 3.36. The van der Waals surface area contributed by atoms with Gasteiger partial charge in [-0.2, -0.15) is 12.6 Å². The predicted molar refractivity (Wildman–Crippen MR) is 117 cm³/mol. The van der Waals surface area contributed by atoms with Crippen LogP contribution in [0.1, 0.15) is 67.0 Å². The quantitative estimate of drug-likeness (QED) is 0.517. The van der Waals surface area contributed by atoms with Gasteiger partial charge in [-0.05, 0) is 62.4 Å². The van der Waals surface area contributed by atoms with Gasteiger partial charge in [0, 0.05) is 29.5 Å². The van der Waals surface area contributed by atoms with E-state index in [9.17, 15) is 0 Å².